The molecule has 26 heavy (non-hydrogen) atoms. The first-order valence-corrected chi connectivity index (χ1v) is 8.63. The Balaban J connectivity index is 1.85. The highest BCUT2D eigenvalue weighted by atomic mass is 16.5. The Morgan fingerprint density at radius 3 is 2.27 bits per heavy atom. The number of carboxylic acid groups (broad SMARTS) is 1. The summed E-state index contributed by atoms with van der Waals surface area (Å²) in [6, 6.07) is 16.4. The molecule has 5 nitrogen and oxygen atoms in total. The van der Waals surface area contributed by atoms with Crippen molar-refractivity contribution in [2.75, 3.05) is 11.9 Å². The van der Waals surface area contributed by atoms with E-state index in [0.717, 1.165) is 5.75 Å². The molecule has 0 aliphatic carbocycles. The van der Waals surface area contributed by atoms with Gasteiger partial charge in [0.15, 0.2) is 0 Å². The van der Waals surface area contributed by atoms with Crippen molar-refractivity contribution in [3.8, 4) is 5.75 Å². The molecule has 0 aromatic heterocycles. The zero-order valence-corrected chi connectivity index (χ0v) is 15.4. The summed E-state index contributed by atoms with van der Waals surface area (Å²) in [6.07, 6.45) is 0.602. The van der Waals surface area contributed by atoms with Gasteiger partial charge >= 0.3 is 5.97 Å². The van der Waals surface area contributed by atoms with Crippen molar-refractivity contribution in [3.05, 3.63) is 60.2 Å². The summed E-state index contributed by atoms with van der Waals surface area (Å²) in [7, 11) is 0. The Kier molecular flexibility index (Phi) is 6.39. The quantitative estimate of drug-likeness (QED) is 0.748. The predicted molar refractivity (Wildman–Crippen MR) is 101 cm³/mol. The van der Waals surface area contributed by atoms with E-state index in [1.165, 1.54) is 0 Å². The van der Waals surface area contributed by atoms with E-state index in [9.17, 15) is 14.7 Å². The molecule has 1 amide bonds. The van der Waals surface area contributed by atoms with E-state index in [0.29, 0.717) is 24.3 Å². The zero-order valence-electron chi connectivity index (χ0n) is 15.4. The minimum absolute atomic E-state index is 0.0908. The van der Waals surface area contributed by atoms with Crippen LogP contribution < -0.4 is 10.1 Å². The average molecular weight is 355 g/mol. The lowest BCUT2D eigenvalue weighted by atomic mass is 9.85. The largest absolute Gasteiger partial charge is 0.494 e. The van der Waals surface area contributed by atoms with Gasteiger partial charge in [-0.3, -0.25) is 9.59 Å². The van der Waals surface area contributed by atoms with Crippen LogP contribution in [0.1, 0.15) is 32.8 Å². The molecular formula is C21H25NO4. The van der Waals surface area contributed by atoms with Gasteiger partial charge in [-0.2, -0.15) is 0 Å². The van der Waals surface area contributed by atoms with E-state index in [2.05, 4.69) is 5.32 Å². The summed E-state index contributed by atoms with van der Waals surface area (Å²) in [5.41, 5.74) is 0.369. The predicted octanol–water partition coefficient (Wildman–Crippen LogP) is 4.09. The molecule has 0 saturated heterocycles. The number of anilines is 1. The molecule has 5 heteroatoms. The van der Waals surface area contributed by atoms with Crippen LogP contribution in [0, 0.1) is 5.92 Å². The summed E-state index contributed by atoms with van der Waals surface area (Å²) >= 11 is 0. The Morgan fingerprint density at radius 2 is 1.69 bits per heavy atom. The summed E-state index contributed by atoms with van der Waals surface area (Å²) in [5, 5.41) is 12.1. The maximum Gasteiger partial charge on any atom is 0.313 e. The number of aliphatic carboxylic acids is 1. The highest BCUT2D eigenvalue weighted by Crippen LogP contribution is 2.25. The number of carbonyl (C=O) groups excluding carboxylic acids is 1. The standard InChI is InChI=1S/C21H25NO4/c1-15(13-14-26-18-7-5-4-6-8-18)19(23)22-17-11-9-16(10-12-17)21(2,3)20(24)25/h4-12,15H,13-14H2,1-3H3,(H,22,23)(H,24,25). The van der Waals surface area contributed by atoms with Crippen LogP contribution in [-0.4, -0.2) is 23.6 Å². The number of hydrogen-bond acceptors (Lipinski definition) is 3. The van der Waals surface area contributed by atoms with Crippen LogP contribution in [0.15, 0.2) is 54.6 Å². The van der Waals surface area contributed by atoms with Gasteiger partial charge in [-0.25, -0.2) is 0 Å². The Labute approximate surface area is 154 Å². The Morgan fingerprint density at radius 1 is 1.08 bits per heavy atom. The number of carbonyl (C=O) groups is 2. The van der Waals surface area contributed by atoms with E-state index in [1.54, 1.807) is 38.1 Å². The van der Waals surface area contributed by atoms with Crippen molar-refractivity contribution >= 4 is 17.6 Å². The first kappa shape index (κ1) is 19.5. The topological polar surface area (TPSA) is 75.6 Å². The molecule has 2 rings (SSSR count). The van der Waals surface area contributed by atoms with Gasteiger partial charge in [0.25, 0.3) is 0 Å². The summed E-state index contributed by atoms with van der Waals surface area (Å²) < 4.78 is 5.62. The van der Waals surface area contributed by atoms with E-state index >= 15 is 0 Å². The molecule has 2 aromatic rings. The van der Waals surface area contributed by atoms with Crippen LogP contribution in [0.3, 0.4) is 0 Å². The fraction of sp³-hybridized carbons (Fsp3) is 0.333. The molecule has 0 spiro atoms. The first-order chi connectivity index (χ1) is 12.3. The molecule has 0 saturated carbocycles. The van der Waals surface area contributed by atoms with Gasteiger partial charge in [0, 0.05) is 11.6 Å². The average Bonchev–Trinajstić information content (AvgIpc) is 2.62. The number of amides is 1. The lowest BCUT2D eigenvalue weighted by Gasteiger charge is -2.20. The molecule has 2 aromatic carbocycles. The number of rotatable bonds is 8. The van der Waals surface area contributed by atoms with Crippen LogP contribution >= 0.6 is 0 Å². The second kappa shape index (κ2) is 8.52. The van der Waals surface area contributed by atoms with E-state index in [1.807, 2.05) is 37.3 Å². The van der Waals surface area contributed by atoms with Crippen molar-refractivity contribution in [3.63, 3.8) is 0 Å². The number of carboxylic acids is 1. The maximum absolute atomic E-state index is 12.3. The van der Waals surface area contributed by atoms with Crippen LogP contribution in [-0.2, 0) is 15.0 Å². The summed E-state index contributed by atoms with van der Waals surface area (Å²) in [4.78, 5) is 23.6. The highest BCUT2D eigenvalue weighted by Gasteiger charge is 2.29. The molecule has 2 N–H and O–H groups in total. The minimum atomic E-state index is -0.968. The number of benzene rings is 2. The van der Waals surface area contributed by atoms with Crippen molar-refractivity contribution in [1.82, 2.24) is 0 Å². The van der Waals surface area contributed by atoms with Crippen molar-refractivity contribution in [2.45, 2.75) is 32.6 Å². The second-order valence-corrected chi connectivity index (χ2v) is 6.85. The maximum atomic E-state index is 12.3. The Hall–Kier alpha value is -2.82. The normalized spacial score (nSPS) is 12.3. The van der Waals surface area contributed by atoms with E-state index in [-0.39, 0.29) is 11.8 Å². The molecular weight excluding hydrogens is 330 g/mol. The van der Waals surface area contributed by atoms with Gasteiger partial charge in [-0.1, -0.05) is 37.3 Å². The molecule has 1 atom stereocenters. The molecule has 0 radical (unpaired) electrons. The van der Waals surface area contributed by atoms with Crippen molar-refractivity contribution < 1.29 is 19.4 Å². The smallest absolute Gasteiger partial charge is 0.313 e. The van der Waals surface area contributed by atoms with Gasteiger partial charge in [0.05, 0.1) is 12.0 Å². The van der Waals surface area contributed by atoms with Gasteiger partial charge < -0.3 is 15.2 Å². The number of hydrogen-bond donors (Lipinski definition) is 2. The fourth-order valence-corrected chi connectivity index (χ4v) is 2.36. The van der Waals surface area contributed by atoms with Crippen molar-refractivity contribution in [1.29, 1.82) is 0 Å². The lowest BCUT2D eigenvalue weighted by molar-refractivity contribution is -0.142. The van der Waals surface area contributed by atoms with Gasteiger partial charge in [0.1, 0.15) is 5.75 Å². The monoisotopic (exact) mass is 355 g/mol. The zero-order chi connectivity index (χ0) is 19.2. The Bertz CT molecular complexity index is 738. The van der Waals surface area contributed by atoms with Crippen LogP contribution in [0.25, 0.3) is 0 Å². The highest BCUT2D eigenvalue weighted by molar-refractivity contribution is 5.92. The fourth-order valence-electron chi connectivity index (χ4n) is 2.36. The third-order valence-electron chi connectivity index (χ3n) is 4.42. The van der Waals surface area contributed by atoms with Gasteiger partial charge in [-0.15, -0.1) is 0 Å². The summed E-state index contributed by atoms with van der Waals surface area (Å²) in [6.45, 7) is 5.62. The van der Waals surface area contributed by atoms with Crippen LogP contribution in [0.5, 0.6) is 5.75 Å². The lowest BCUT2D eigenvalue weighted by Crippen LogP contribution is -2.28. The van der Waals surface area contributed by atoms with E-state index < -0.39 is 11.4 Å². The third kappa shape index (κ3) is 5.09. The van der Waals surface area contributed by atoms with Crippen LogP contribution in [0.4, 0.5) is 5.69 Å². The number of nitrogens with one attached hydrogen (secondary N) is 1. The van der Waals surface area contributed by atoms with E-state index in [4.69, 9.17) is 4.74 Å². The van der Waals surface area contributed by atoms with Crippen LogP contribution in [0.2, 0.25) is 0 Å². The molecule has 0 aliphatic rings. The summed E-state index contributed by atoms with van der Waals surface area (Å²) in [5.74, 6) is -0.390. The van der Waals surface area contributed by atoms with Gasteiger partial charge in [-0.05, 0) is 50.1 Å². The first-order valence-electron chi connectivity index (χ1n) is 8.63. The second-order valence-electron chi connectivity index (χ2n) is 6.85. The molecule has 1 unspecified atom stereocenters. The molecule has 0 fully saturated rings. The van der Waals surface area contributed by atoms with Crippen molar-refractivity contribution in [2.24, 2.45) is 5.92 Å². The SMILES string of the molecule is CC(CCOc1ccccc1)C(=O)Nc1ccc(C(C)(C)C(=O)O)cc1. The third-order valence-corrected chi connectivity index (χ3v) is 4.42. The molecule has 0 aliphatic heterocycles. The molecule has 138 valence electrons. The number of para-hydroxylation sites is 1. The molecule has 0 heterocycles. The minimum Gasteiger partial charge on any atom is -0.494 e. The molecule has 0 bridgehead atoms. The van der Waals surface area contributed by atoms with Gasteiger partial charge in [0.2, 0.25) is 5.91 Å². The number of ether oxygens (including phenoxy) is 1.